The van der Waals surface area contributed by atoms with Crippen molar-refractivity contribution in [2.24, 2.45) is 5.73 Å². The van der Waals surface area contributed by atoms with E-state index >= 15 is 0 Å². The number of nitrogens with zero attached hydrogens (tertiary/aromatic N) is 2. The van der Waals surface area contributed by atoms with Gasteiger partial charge in [-0.1, -0.05) is 0 Å². The molecule has 1 rings (SSSR count). The summed E-state index contributed by atoms with van der Waals surface area (Å²) < 4.78 is 36.7. The summed E-state index contributed by atoms with van der Waals surface area (Å²) >= 11 is 0. The first-order valence-corrected chi connectivity index (χ1v) is 3.62. The highest BCUT2D eigenvalue weighted by atomic mass is 19.4. The third-order valence-corrected chi connectivity index (χ3v) is 1.47. The molecule has 6 heteroatoms. The summed E-state index contributed by atoms with van der Waals surface area (Å²) in [5.74, 6) is 0. The van der Waals surface area contributed by atoms with Gasteiger partial charge in [0.05, 0.1) is 0 Å². The van der Waals surface area contributed by atoms with Crippen molar-refractivity contribution in [1.82, 2.24) is 9.97 Å². The van der Waals surface area contributed by atoms with E-state index in [9.17, 15) is 13.2 Å². The summed E-state index contributed by atoms with van der Waals surface area (Å²) in [6.07, 6.45) is -2.27. The third-order valence-electron chi connectivity index (χ3n) is 1.47. The lowest BCUT2D eigenvalue weighted by molar-refractivity contribution is -0.141. The highest BCUT2D eigenvalue weighted by molar-refractivity contribution is 5.19. The summed E-state index contributed by atoms with van der Waals surface area (Å²) in [5, 5.41) is 0. The van der Waals surface area contributed by atoms with Crippen LogP contribution in [0.15, 0.2) is 12.5 Å². The molecule has 0 aliphatic carbocycles. The number of alkyl halides is 3. The summed E-state index contributed by atoms with van der Waals surface area (Å²) in [7, 11) is 0. The van der Waals surface area contributed by atoms with Crippen molar-refractivity contribution in [3.63, 3.8) is 0 Å². The molecule has 1 aromatic heterocycles. The molecule has 0 fully saturated rings. The van der Waals surface area contributed by atoms with E-state index in [4.69, 9.17) is 5.73 Å². The molecule has 0 aliphatic heterocycles. The first-order chi connectivity index (χ1) is 6.05. The number of rotatable bonds is 2. The minimum absolute atomic E-state index is 0.0394. The number of aromatic nitrogens is 2. The topological polar surface area (TPSA) is 51.8 Å². The van der Waals surface area contributed by atoms with Crippen molar-refractivity contribution in [2.75, 3.05) is 6.54 Å². The average molecular weight is 191 g/mol. The first kappa shape index (κ1) is 9.91. The zero-order valence-electron chi connectivity index (χ0n) is 6.67. The predicted molar refractivity (Wildman–Crippen MR) is 39.8 cm³/mol. The normalized spacial score (nSPS) is 11.7. The monoisotopic (exact) mass is 191 g/mol. The third kappa shape index (κ3) is 2.38. The van der Waals surface area contributed by atoms with E-state index in [2.05, 4.69) is 9.97 Å². The molecule has 0 aromatic carbocycles. The van der Waals surface area contributed by atoms with Gasteiger partial charge in [-0.15, -0.1) is 0 Å². The maximum Gasteiger partial charge on any atom is 0.433 e. The van der Waals surface area contributed by atoms with Crippen LogP contribution in [0.25, 0.3) is 0 Å². The van der Waals surface area contributed by atoms with Gasteiger partial charge in [0.15, 0.2) is 5.69 Å². The molecule has 0 aliphatic rings. The van der Waals surface area contributed by atoms with E-state index in [1.807, 2.05) is 0 Å². The van der Waals surface area contributed by atoms with Gasteiger partial charge in [-0.2, -0.15) is 13.2 Å². The second-order valence-corrected chi connectivity index (χ2v) is 2.43. The van der Waals surface area contributed by atoms with Crippen LogP contribution in [-0.2, 0) is 12.6 Å². The van der Waals surface area contributed by atoms with Crippen LogP contribution in [0.2, 0.25) is 0 Å². The zero-order chi connectivity index (χ0) is 9.90. The predicted octanol–water partition coefficient (Wildman–Crippen LogP) is 0.997. The smallest absolute Gasteiger partial charge is 0.330 e. The molecular formula is C7H8F3N3. The molecule has 0 amide bonds. The van der Waals surface area contributed by atoms with Crippen molar-refractivity contribution >= 4 is 0 Å². The Kier molecular flexibility index (Phi) is 2.82. The van der Waals surface area contributed by atoms with Gasteiger partial charge in [-0.05, 0) is 13.0 Å². The Labute approximate surface area is 72.8 Å². The molecule has 0 saturated carbocycles. The van der Waals surface area contributed by atoms with Crippen LogP contribution in [0.4, 0.5) is 13.2 Å². The van der Waals surface area contributed by atoms with E-state index in [1.54, 1.807) is 0 Å². The molecule has 0 saturated heterocycles. The zero-order valence-corrected chi connectivity index (χ0v) is 6.67. The van der Waals surface area contributed by atoms with Gasteiger partial charge in [0.25, 0.3) is 0 Å². The van der Waals surface area contributed by atoms with Crippen LogP contribution < -0.4 is 5.73 Å². The van der Waals surface area contributed by atoms with Gasteiger partial charge in [0, 0.05) is 11.8 Å². The standard InChI is InChI=1S/C7H8F3N3/c8-7(9,10)6-5(1-2-11)3-12-4-13-6/h3-4H,1-2,11H2. The Morgan fingerprint density at radius 1 is 1.38 bits per heavy atom. The van der Waals surface area contributed by atoms with Crippen molar-refractivity contribution in [1.29, 1.82) is 0 Å². The number of nitrogens with two attached hydrogens (primary N) is 1. The van der Waals surface area contributed by atoms with Crippen LogP contribution in [0.3, 0.4) is 0 Å². The maximum absolute atomic E-state index is 12.2. The molecule has 0 unspecified atom stereocenters. The number of halogens is 3. The van der Waals surface area contributed by atoms with E-state index in [1.165, 1.54) is 0 Å². The lowest BCUT2D eigenvalue weighted by Gasteiger charge is -2.09. The molecule has 2 N–H and O–H groups in total. The molecule has 0 atom stereocenters. The quantitative estimate of drug-likeness (QED) is 0.758. The van der Waals surface area contributed by atoms with E-state index < -0.39 is 11.9 Å². The highest BCUT2D eigenvalue weighted by Crippen LogP contribution is 2.29. The summed E-state index contributed by atoms with van der Waals surface area (Å²) in [6.45, 7) is 0.149. The maximum atomic E-state index is 12.2. The lowest BCUT2D eigenvalue weighted by Crippen LogP contribution is -2.15. The lowest BCUT2D eigenvalue weighted by atomic mass is 10.1. The average Bonchev–Trinajstić information content (AvgIpc) is 2.04. The molecular weight excluding hydrogens is 183 g/mol. The number of hydrogen-bond donors (Lipinski definition) is 1. The molecule has 0 spiro atoms. The second kappa shape index (κ2) is 3.69. The molecule has 0 radical (unpaired) electrons. The van der Waals surface area contributed by atoms with Gasteiger partial charge in [-0.3, -0.25) is 0 Å². The Balaban J connectivity index is 3.05. The molecule has 1 aromatic rings. The van der Waals surface area contributed by atoms with Crippen LogP contribution in [0.1, 0.15) is 11.3 Å². The highest BCUT2D eigenvalue weighted by Gasteiger charge is 2.34. The molecule has 0 bridgehead atoms. The minimum Gasteiger partial charge on any atom is -0.330 e. The van der Waals surface area contributed by atoms with Crippen molar-refractivity contribution in [3.8, 4) is 0 Å². The Morgan fingerprint density at radius 3 is 2.62 bits per heavy atom. The Morgan fingerprint density at radius 2 is 2.08 bits per heavy atom. The van der Waals surface area contributed by atoms with Crippen molar-refractivity contribution in [2.45, 2.75) is 12.6 Å². The SMILES string of the molecule is NCCc1cncnc1C(F)(F)F. The van der Waals surface area contributed by atoms with Gasteiger partial charge in [0.2, 0.25) is 0 Å². The van der Waals surface area contributed by atoms with Gasteiger partial charge < -0.3 is 5.73 Å². The van der Waals surface area contributed by atoms with Gasteiger partial charge in [0.1, 0.15) is 6.33 Å². The fourth-order valence-electron chi connectivity index (χ4n) is 0.952. The van der Waals surface area contributed by atoms with E-state index in [0.29, 0.717) is 0 Å². The van der Waals surface area contributed by atoms with E-state index in [0.717, 1.165) is 12.5 Å². The summed E-state index contributed by atoms with van der Waals surface area (Å²) in [5.41, 5.74) is 4.29. The fourth-order valence-corrected chi connectivity index (χ4v) is 0.952. The van der Waals surface area contributed by atoms with Crippen LogP contribution >= 0.6 is 0 Å². The summed E-state index contributed by atoms with van der Waals surface area (Å²) in [6, 6.07) is 0. The Hall–Kier alpha value is -1.17. The van der Waals surface area contributed by atoms with Gasteiger partial charge >= 0.3 is 6.18 Å². The minimum atomic E-state index is -4.42. The summed E-state index contributed by atoms with van der Waals surface area (Å²) in [4.78, 5) is 6.69. The van der Waals surface area contributed by atoms with Crippen LogP contribution in [0.5, 0.6) is 0 Å². The molecule has 1 heterocycles. The second-order valence-electron chi connectivity index (χ2n) is 2.43. The molecule has 13 heavy (non-hydrogen) atoms. The first-order valence-electron chi connectivity index (χ1n) is 3.62. The van der Waals surface area contributed by atoms with E-state index in [-0.39, 0.29) is 18.5 Å². The van der Waals surface area contributed by atoms with Crippen LogP contribution in [-0.4, -0.2) is 16.5 Å². The number of hydrogen-bond acceptors (Lipinski definition) is 3. The van der Waals surface area contributed by atoms with Crippen LogP contribution in [0, 0.1) is 0 Å². The van der Waals surface area contributed by atoms with Gasteiger partial charge in [-0.25, -0.2) is 9.97 Å². The fraction of sp³-hybridized carbons (Fsp3) is 0.429. The Bertz CT molecular complexity index is 285. The van der Waals surface area contributed by atoms with Crippen molar-refractivity contribution < 1.29 is 13.2 Å². The molecule has 72 valence electrons. The molecule has 3 nitrogen and oxygen atoms in total. The largest absolute Gasteiger partial charge is 0.433 e. The van der Waals surface area contributed by atoms with Crippen molar-refractivity contribution in [3.05, 3.63) is 23.8 Å².